The Balaban J connectivity index is 1.26. The quantitative estimate of drug-likeness (QED) is 0.299. The van der Waals surface area contributed by atoms with Crippen molar-refractivity contribution < 1.29 is 23.8 Å². The number of ketones is 1. The van der Waals surface area contributed by atoms with Crippen LogP contribution in [0.2, 0.25) is 0 Å². The zero-order valence-corrected chi connectivity index (χ0v) is 23.6. The van der Waals surface area contributed by atoms with Crippen molar-refractivity contribution in [1.29, 1.82) is 0 Å². The van der Waals surface area contributed by atoms with E-state index in [0.717, 1.165) is 38.7 Å². The van der Waals surface area contributed by atoms with Crippen molar-refractivity contribution >= 4 is 27.7 Å². The third-order valence-corrected chi connectivity index (χ3v) is 13.1. The molecule has 0 radical (unpaired) electrons. The van der Waals surface area contributed by atoms with Crippen molar-refractivity contribution in [3.05, 3.63) is 0 Å². The first-order valence-electron chi connectivity index (χ1n) is 14.2. The molecule has 0 aromatic heterocycles. The lowest BCUT2D eigenvalue weighted by molar-refractivity contribution is -0.267. The van der Waals surface area contributed by atoms with E-state index in [1.54, 1.807) is 0 Å². The molecule has 0 N–H and O–H groups in total. The van der Waals surface area contributed by atoms with Crippen LogP contribution in [0.15, 0.2) is 0 Å². The fourth-order valence-corrected chi connectivity index (χ4v) is 11.6. The van der Waals surface area contributed by atoms with Crippen LogP contribution in [0.4, 0.5) is 0 Å². The number of ether oxygens (including phenoxy) is 3. The minimum atomic E-state index is -0.592. The Bertz CT molecular complexity index is 908. The van der Waals surface area contributed by atoms with Crippen molar-refractivity contribution in [3.63, 3.8) is 0 Å². The predicted octanol–water partition coefficient (Wildman–Crippen LogP) is 5.92. The lowest BCUT2D eigenvalue weighted by Crippen LogP contribution is -2.59. The first kappa shape index (κ1) is 24.9. The number of halogens is 1. The molecule has 4 saturated carbocycles. The molecule has 2 aliphatic heterocycles. The van der Waals surface area contributed by atoms with Crippen molar-refractivity contribution in [2.75, 3.05) is 6.61 Å². The van der Waals surface area contributed by atoms with Gasteiger partial charge in [0.2, 0.25) is 0 Å². The normalized spacial score (nSPS) is 57.3. The van der Waals surface area contributed by atoms with E-state index in [9.17, 15) is 9.59 Å². The SMILES string of the molecule is CC(=O)O[C@H]1CC[C@@]2(C)[C@@H](CC[C@@H]3[C@@H]2CC(=O)[C@]2(C)[C@@H]4[C@H](C[C@@H]32)O[C@]2(OC[C@H](C)C[C@H]2Br)[C@H]4C)C1. The smallest absolute Gasteiger partial charge is 0.302 e. The largest absolute Gasteiger partial charge is 0.463 e. The number of fused-ring (bicyclic) bond motifs is 7. The fourth-order valence-electron chi connectivity index (χ4n) is 10.3. The molecule has 6 heteroatoms. The fraction of sp³-hybridized carbons (Fsp3) is 0.931. The first-order valence-corrected chi connectivity index (χ1v) is 15.1. The summed E-state index contributed by atoms with van der Waals surface area (Å²) in [7, 11) is 0. The van der Waals surface area contributed by atoms with Gasteiger partial charge in [-0.1, -0.05) is 43.6 Å². The molecule has 2 saturated heterocycles. The molecule has 13 atom stereocenters. The van der Waals surface area contributed by atoms with Gasteiger partial charge in [-0.25, -0.2) is 0 Å². The molecule has 4 aliphatic carbocycles. The van der Waals surface area contributed by atoms with Gasteiger partial charge < -0.3 is 14.2 Å². The molecule has 0 amide bonds. The molecule has 0 unspecified atom stereocenters. The number of Topliss-reactive ketones (excluding diaryl/α,β-unsaturated/α-hetero) is 1. The van der Waals surface area contributed by atoms with Crippen molar-refractivity contribution in [2.45, 2.75) is 109 Å². The molecule has 0 bridgehead atoms. The third kappa shape index (κ3) is 3.37. The number of esters is 1. The van der Waals surface area contributed by atoms with E-state index in [2.05, 4.69) is 43.6 Å². The topological polar surface area (TPSA) is 61.8 Å². The Hall–Kier alpha value is -0.460. The number of hydrogen-bond acceptors (Lipinski definition) is 5. The maximum atomic E-state index is 14.2. The molecule has 5 nitrogen and oxygen atoms in total. The van der Waals surface area contributed by atoms with E-state index in [0.29, 0.717) is 41.8 Å². The number of carbonyl (C=O) groups is 2. The summed E-state index contributed by atoms with van der Waals surface area (Å²) in [4.78, 5) is 25.9. The van der Waals surface area contributed by atoms with Gasteiger partial charge in [0.05, 0.1) is 17.5 Å². The lowest BCUT2D eigenvalue weighted by Gasteiger charge is -2.60. The van der Waals surface area contributed by atoms with Gasteiger partial charge in [-0.05, 0) is 80.0 Å². The van der Waals surface area contributed by atoms with Crippen LogP contribution < -0.4 is 0 Å². The van der Waals surface area contributed by atoms with Crippen LogP contribution in [-0.4, -0.2) is 41.2 Å². The van der Waals surface area contributed by atoms with Crippen LogP contribution in [0, 0.1) is 52.3 Å². The molecule has 1 spiro atoms. The zero-order valence-electron chi connectivity index (χ0n) is 22.1. The molecule has 6 rings (SSSR count). The van der Waals surface area contributed by atoms with Crippen LogP contribution in [0.5, 0.6) is 0 Å². The average molecular weight is 552 g/mol. The van der Waals surface area contributed by atoms with Gasteiger partial charge in [-0.15, -0.1) is 0 Å². The second-order valence-corrected chi connectivity index (χ2v) is 14.7. The number of carbonyl (C=O) groups excluding carboxylic acids is 2. The minimum Gasteiger partial charge on any atom is -0.463 e. The van der Waals surface area contributed by atoms with E-state index in [1.165, 1.54) is 19.8 Å². The highest BCUT2D eigenvalue weighted by atomic mass is 79.9. The average Bonchev–Trinajstić information content (AvgIpc) is 3.24. The van der Waals surface area contributed by atoms with Crippen LogP contribution in [0.3, 0.4) is 0 Å². The first-order chi connectivity index (χ1) is 16.5. The molecule has 196 valence electrons. The maximum absolute atomic E-state index is 14.2. The van der Waals surface area contributed by atoms with E-state index < -0.39 is 5.79 Å². The Morgan fingerprint density at radius 3 is 2.57 bits per heavy atom. The predicted molar refractivity (Wildman–Crippen MR) is 136 cm³/mol. The summed E-state index contributed by atoms with van der Waals surface area (Å²) >= 11 is 3.94. The monoisotopic (exact) mass is 550 g/mol. The Morgan fingerprint density at radius 2 is 1.86 bits per heavy atom. The van der Waals surface area contributed by atoms with Gasteiger partial charge in [0.1, 0.15) is 11.9 Å². The third-order valence-electron chi connectivity index (χ3n) is 12.1. The van der Waals surface area contributed by atoms with Gasteiger partial charge in [0, 0.05) is 30.6 Å². The van der Waals surface area contributed by atoms with Crippen LogP contribution in [0.1, 0.15) is 86.0 Å². The van der Waals surface area contributed by atoms with E-state index in [1.807, 2.05) is 0 Å². The molecule has 6 fully saturated rings. The van der Waals surface area contributed by atoms with Crippen LogP contribution in [0.25, 0.3) is 0 Å². The second-order valence-electron chi connectivity index (χ2n) is 13.6. The molecule has 0 aromatic carbocycles. The van der Waals surface area contributed by atoms with Crippen molar-refractivity contribution in [3.8, 4) is 0 Å². The Kier molecular flexibility index (Phi) is 5.87. The number of rotatable bonds is 1. The zero-order chi connectivity index (χ0) is 24.9. The minimum absolute atomic E-state index is 0.0540. The Morgan fingerprint density at radius 1 is 1.09 bits per heavy atom. The van der Waals surface area contributed by atoms with Crippen molar-refractivity contribution in [1.82, 2.24) is 0 Å². The van der Waals surface area contributed by atoms with E-state index in [4.69, 9.17) is 14.2 Å². The van der Waals surface area contributed by atoms with Crippen LogP contribution >= 0.6 is 15.9 Å². The highest BCUT2D eigenvalue weighted by Crippen LogP contribution is 2.70. The summed E-state index contributed by atoms with van der Waals surface area (Å²) in [5, 5.41) is 0. The van der Waals surface area contributed by atoms with Gasteiger partial charge >= 0.3 is 5.97 Å². The standard InChI is InChI=1S/C29H43BrO5/c1-15-10-24(30)29(33-14-15)16(2)26-23(35-29)12-22-20-7-6-18-11-19(34-17(3)31)8-9-27(18,4)21(20)13-25(32)28(22,26)5/h15-16,18-24,26H,6-14H2,1-5H3/t15-,16+,18+,19+,20-,21+,22+,23+,24-,26+,27+,28-,29-/m1/s1. The van der Waals surface area contributed by atoms with Gasteiger partial charge in [-0.2, -0.15) is 0 Å². The highest BCUT2D eigenvalue weighted by molar-refractivity contribution is 9.09. The second kappa shape index (κ2) is 8.27. The number of alkyl halides is 1. The summed E-state index contributed by atoms with van der Waals surface area (Å²) < 4.78 is 19.0. The summed E-state index contributed by atoms with van der Waals surface area (Å²) in [6, 6.07) is 0. The van der Waals surface area contributed by atoms with Gasteiger partial charge in [-0.3, -0.25) is 9.59 Å². The molecular formula is C29H43BrO5. The molecule has 35 heavy (non-hydrogen) atoms. The summed E-state index contributed by atoms with van der Waals surface area (Å²) in [6.07, 6.45) is 8.27. The highest BCUT2D eigenvalue weighted by Gasteiger charge is 2.72. The summed E-state index contributed by atoms with van der Waals surface area (Å²) in [5.74, 6) is 2.67. The lowest BCUT2D eigenvalue weighted by atomic mass is 9.44. The van der Waals surface area contributed by atoms with Crippen LogP contribution in [-0.2, 0) is 23.8 Å². The maximum Gasteiger partial charge on any atom is 0.302 e. The number of hydrogen-bond donors (Lipinski definition) is 0. The van der Waals surface area contributed by atoms with Gasteiger partial charge in [0.15, 0.2) is 5.79 Å². The summed E-state index contributed by atoms with van der Waals surface area (Å²) in [6.45, 7) is 11.5. The molecular weight excluding hydrogens is 508 g/mol. The summed E-state index contributed by atoms with van der Waals surface area (Å²) in [5.41, 5.74) is -0.141. The molecule has 2 heterocycles. The molecule has 6 aliphatic rings. The van der Waals surface area contributed by atoms with Crippen molar-refractivity contribution in [2.24, 2.45) is 52.3 Å². The Labute approximate surface area is 218 Å². The van der Waals surface area contributed by atoms with E-state index >= 15 is 0 Å². The van der Waals surface area contributed by atoms with Gasteiger partial charge in [0.25, 0.3) is 0 Å². The molecule has 0 aromatic rings. The van der Waals surface area contributed by atoms with E-state index in [-0.39, 0.29) is 45.7 Å².